The number of nitrogens with one attached hydrogen (secondary N) is 1. The third-order valence-electron chi connectivity index (χ3n) is 6.25. The van der Waals surface area contributed by atoms with Crippen LogP contribution >= 0.6 is 28.1 Å². The van der Waals surface area contributed by atoms with E-state index in [4.69, 9.17) is 12.2 Å². The van der Waals surface area contributed by atoms with Crippen LogP contribution in [-0.4, -0.2) is 28.8 Å². The lowest BCUT2D eigenvalue weighted by atomic mass is 10.0. The maximum atomic E-state index is 5.89. The van der Waals surface area contributed by atoms with E-state index in [2.05, 4.69) is 128 Å². The van der Waals surface area contributed by atoms with E-state index in [9.17, 15) is 0 Å². The summed E-state index contributed by atoms with van der Waals surface area (Å²) in [4.78, 5) is 9.00. The molecule has 5 rings (SSSR count). The highest BCUT2D eigenvalue weighted by Gasteiger charge is 2.42. The Morgan fingerprint density at radius 1 is 0.971 bits per heavy atom. The van der Waals surface area contributed by atoms with Gasteiger partial charge in [0.2, 0.25) is 0 Å². The SMILES string of the molecule is Cc1cc(N2C(=S)N[C@@H](c3ccccn3)[C@H]2c2cccn2-c2ccc(N(C)C)cc2)ccc1Br. The zero-order valence-electron chi connectivity index (χ0n) is 19.3. The number of aryl methyl sites for hydroxylation is 1. The third kappa shape index (κ3) is 4.10. The van der Waals surface area contributed by atoms with Gasteiger partial charge in [0, 0.05) is 53.7 Å². The maximum Gasteiger partial charge on any atom is 0.174 e. The lowest BCUT2D eigenvalue weighted by Crippen LogP contribution is -2.30. The number of rotatable bonds is 5. The van der Waals surface area contributed by atoms with Gasteiger partial charge >= 0.3 is 0 Å². The fourth-order valence-corrected chi connectivity index (χ4v) is 5.09. The van der Waals surface area contributed by atoms with Gasteiger partial charge in [-0.1, -0.05) is 22.0 Å². The minimum absolute atomic E-state index is 0.0773. The van der Waals surface area contributed by atoms with Crippen LogP contribution in [0.3, 0.4) is 0 Å². The molecule has 172 valence electrons. The van der Waals surface area contributed by atoms with E-state index < -0.39 is 0 Å². The molecule has 0 bridgehead atoms. The molecule has 1 aliphatic heterocycles. The Hall–Kier alpha value is -3.16. The Morgan fingerprint density at radius 3 is 2.41 bits per heavy atom. The number of hydrogen-bond donors (Lipinski definition) is 1. The predicted molar refractivity (Wildman–Crippen MR) is 147 cm³/mol. The van der Waals surface area contributed by atoms with Crippen molar-refractivity contribution in [2.24, 2.45) is 0 Å². The van der Waals surface area contributed by atoms with E-state index in [1.165, 1.54) is 5.69 Å². The topological polar surface area (TPSA) is 36.3 Å². The number of anilines is 2. The zero-order valence-corrected chi connectivity index (χ0v) is 21.7. The summed E-state index contributed by atoms with van der Waals surface area (Å²) >= 11 is 9.52. The summed E-state index contributed by atoms with van der Waals surface area (Å²) in [6.07, 6.45) is 3.95. The van der Waals surface area contributed by atoms with Crippen molar-refractivity contribution in [3.05, 3.63) is 107 Å². The van der Waals surface area contributed by atoms with Gasteiger partial charge in [-0.15, -0.1) is 0 Å². The molecule has 1 N–H and O–H groups in total. The van der Waals surface area contributed by atoms with Crippen LogP contribution in [0.4, 0.5) is 11.4 Å². The normalized spacial score (nSPS) is 17.6. The summed E-state index contributed by atoms with van der Waals surface area (Å²) in [5, 5.41) is 4.25. The monoisotopic (exact) mass is 531 g/mol. The highest BCUT2D eigenvalue weighted by molar-refractivity contribution is 9.10. The molecule has 1 saturated heterocycles. The molecule has 2 atom stereocenters. The number of nitrogens with zero attached hydrogens (tertiary/aromatic N) is 4. The first kappa shape index (κ1) is 22.6. The fraction of sp³-hybridized carbons (Fsp3) is 0.185. The van der Waals surface area contributed by atoms with Crippen LogP contribution in [0.25, 0.3) is 5.69 Å². The van der Waals surface area contributed by atoms with Crippen LogP contribution < -0.4 is 15.1 Å². The summed E-state index contributed by atoms with van der Waals surface area (Å²) < 4.78 is 3.32. The van der Waals surface area contributed by atoms with Crippen molar-refractivity contribution in [2.75, 3.05) is 23.9 Å². The highest BCUT2D eigenvalue weighted by Crippen LogP contribution is 2.42. The van der Waals surface area contributed by atoms with Crippen molar-refractivity contribution in [3.63, 3.8) is 0 Å². The largest absolute Gasteiger partial charge is 0.378 e. The van der Waals surface area contributed by atoms with Gasteiger partial charge in [0.25, 0.3) is 0 Å². The molecule has 4 aromatic rings. The number of aromatic nitrogens is 2. The first-order valence-corrected chi connectivity index (χ1v) is 12.4. The predicted octanol–water partition coefficient (Wildman–Crippen LogP) is 6.19. The molecule has 1 fully saturated rings. The molecule has 7 heteroatoms. The minimum atomic E-state index is -0.0904. The van der Waals surface area contributed by atoms with Crippen LogP contribution in [-0.2, 0) is 0 Å². The number of pyridine rings is 1. The van der Waals surface area contributed by atoms with Crippen LogP contribution in [0.5, 0.6) is 0 Å². The van der Waals surface area contributed by atoms with Gasteiger partial charge in [0.15, 0.2) is 5.11 Å². The van der Waals surface area contributed by atoms with Gasteiger partial charge < -0.3 is 19.7 Å². The number of benzene rings is 2. The molecule has 0 unspecified atom stereocenters. The van der Waals surface area contributed by atoms with E-state index in [-0.39, 0.29) is 12.1 Å². The van der Waals surface area contributed by atoms with Crippen LogP contribution in [0.15, 0.2) is 89.7 Å². The van der Waals surface area contributed by atoms with Gasteiger partial charge in [-0.05, 0) is 91.4 Å². The molecule has 3 heterocycles. The van der Waals surface area contributed by atoms with Crippen molar-refractivity contribution in [1.29, 1.82) is 0 Å². The molecule has 0 spiro atoms. The Kier molecular flexibility index (Phi) is 6.15. The van der Waals surface area contributed by atoms with Gasteiger partial charge in [-0.3, -0.25) is 4.98 Å². The fourth-order valence-electron chi connectivity index (χ4n) is 4.49. The Bertz CT molecular complexity index is 1320. The van der Waals surface area contributed by atoms with Gasteiger partial charge in [-0.25, -0.2) is 0 Å². The summed E-state index contributed by atoms with van der Waals surface area (Å²) in [6, 6.07) is 25.1. The summed E-state index contributed by atoms with van der Waals surface area (Å²) in [7, 11) is 4.10. The third-order valence-corrected chi connectivity index (χ3v) is 7.45. The van der Waals surface area contributed by atoms with Crippen molar-refractivity contribution >= 4 is 44.6 Å². The Labute approximate surface area is 214 Å². The second-order valence-corrected chi connectivity index (χ2v) is 9.89. The second kappa shape index (κ2) is 9.24. The first-order chi connectivity index (χ1) is 16.4. The number of hydrogen-bond acceptors (Lipinski definition) is 3. The van der Waals surface area contributed by atoms with E-state index in [1.807, 2.05) is 18.3 Å². The van der Waals surface area contributed by atoms with Crippen LogP contribution in [0, 0.1) is 6.92 Å². The summed E-state index contributed by atoms with van der Waals surface area (Å²) in [5.41, 5.74) is 6.59. The van der Waals surface area contributed by atoms with Crippen LogP contribution in [0.2, 0.25) is 0 Å². The molecular formula is C27H26BrN5S. The smallest absolute Gasteiger partial charge is 0.174 e. The van der Waals surface area contributed by atoms with Crippen molar-refractivity contribution in [3.8, 4) is 5.69 Å². The second-order valence-electron chi connectivity index (χ2n) is 8.64. The Morgan fingerprint density at radius 2 is 1.74 bits per heavy atom. The molecule has 0 radical (unpaired) electrons. The van der Waals surface area contributed by atoms with Gasteiger partial charge in [0.1, 0.15) is 6.04 Å². The average molecular weight is 533 g/mol. The van der Waals surface area contributed by atoms with Gasteiger partial charge in [0.05, 0.1) is 11.7 Å². The number of thiocarbonyl (C=S) groups is 1. The quantitative estimate of drug-likeness (QED) is 0.311. The molecule has 0 aliphatic carbocycles. The number of halogens is 1. The van der Waals surface area contributed by atoms with Crippen LogP contribution in [0.1, 0.15) is 29.0 Å². The molecule has 34 heavy (non-hydrogen) atoms. The lowest BCUT2D eigenvalue weighted by molar-refractivity contribution is 0.549. The summed E-state index contributed by atoms with van der Waals surface area (Å²) in [5.74, 6) is 0. The van der Waals surface area contributed by atoms with E-state index >= 15 is 0 Å². The van der Waals surface area contributed by atoms with Crippen molar-refractivity contribution in [1.82, 2.24) is 14.9 Å². The van der Waals surface area contributed by atoms with E-state index in [0.717, 1.165) is 32.8 Å². The molecule has 2 aromatic heterocycles. The van der Waals surface area contributed by atoms with E-state index in [1.54, 1.807) is 0 Å². The maximum absolute atomic E-state index is 5.89. The molecule has 1 aliphatic rings. The first-order valence-electron chi connectivity index (χ1n) is 11.2. The van der Waals surface area contributed by atoms with Crippen molar-refractivity contribution < 1.29 is 0 Å². The van der Waals surface area contributed by atoms with E-state index in [0.29, 0.717) is 5.11 Å². The molecule has 0 saturated carbocycles. The van der Waals surface area contributed by atoms with Gasteiger partial charge in [-0.2, -0.15) is 0 Å². The zero-order chi connectivity index (χ0) is 23.8. The molecule has 5 nitrogen and oxygen atoms in total. The molecule has 0 amide bonds. The summed E-state index contributed by atoms with van der Waals surface area (Å²) in [6.45, 7) is 2.10. The Balaban J connectivity index is 1.64. The average Bonchev–Trinajstić information content (AvgIpc) is 3.46. The lowest BCUT2D eigenvalue weighted by Gasteiger charge is -2.29. The molecular weight excluding hydrogens is 506 g/mol. The highest BCUT2D eigenvalue weighted by atomic mass is 79.9. The standard InChI is InChI=1S/C27H26BrN5S/c1-18-17-21(13-14-22(18)28)33-26(25(30-27(33)34)23-7-4-5-15-29-23)24-8-6-16-32(24)20-11-9-19(10-12-20)31(2)3/h4-17,25-26H,1-3H3,(H,30,34)/t25-,26+/m0/s1. The molecule has 2 aromatic carbocycles. The van der Waals surface area contributed by atoms with Crippen molar-refractivity contribution in [2.45, 2.75) is 19.0 Å². The minimum Gasteiger partial charge on any atom is -0.378 e.